The Kier molecular flexibility index (Phi) is 6.41. The molecule has 202 valence electrons. The number of fused-ring (bicyclic) bond motifs is 1. The minimum atomic E-state index is -4.65. The molecule has 4 aromatic rings. The van der Waals surface area contributed by atoms with E-state index in [1.807, 2.05) is 0 Å². The fourth-order valence-electron chi connectivity index (χ4n) is 5.27. The monoisotopic (exact) mass is 554 g/mol. The number of hydrogen-bond acceptors (Lipinski definition) is 5. The third kappa shape index (κ3) is 4.63. The number of aryl methyl sites for hydroxylation is 2. The normalized spacial score (nSPS) is 19.1. The summed E-state index contributed by atoms with van der Waals surface area (Å²) in [4.78, 5) is 18.2. The zero-order valence-corrected chi connectivity index (χ0v) is 22.2. The first kappa shape index (κ1) is 26.7. The average molecular weight is 555 g/mol. The van der Waals surface area contributed by atoms with Crippen molar-refractivity contribution in [2.75, 3.05) is 7.11 Å². The van der Waals surface area contributed by atoms with Crippen LogP contribution in [-0.4, -0.2) is 26.4 Å². The van der Waals surface area contributed by atoms with Crippen molar-refractivity contribution in [3.63, 3.8) is 0 Å². The van der Waals surface area contributed by atoms with E-state index < -0.39 is 39.0 Å². The third-order valence-corrected chi connectivity index (χ3v) is 8.58. The predicted octanol–water partition coefficient (Wildman–Crippen LogP) is 5.81. The van der Waals surface area contributed by atoms with Crippen LogP contribution in [0.3, 0.4) is 0 Å². The highest BCUT2D eigenvalue weighted by Gasteiger charge is 2.64. The number of nitrogens with zero attached hydrogens (tertiary/aromatic N) is 1. The first-order valence-electron chi connectivity index (χ1n) is 12.1. The smallest absolute Gasteiger partial charge is 0.416 e. The van der Waals surface area contributed by atoms with Crippen LogP contribution in [0.5, 0.6) is 5.75 Å². The summed E-state index contributed by atoms with van der Waals surface area (Å²) in [6.07, 6.45) is -4.68. The lowest BCUT2D eigenvalue weighted by atomic mass is 9.87. The van der Waals surface area contributed by atoms with Crippen molar-refractivity contribution in [3.8, 4) is 5.75 Å². The van der Waals surface area contributed by atoms with E-state index in [0.29, 0.717) is 22.2 Å². The maximum atomic E-state index is 14.0. The van der Waals surface area contributed by atoms with Gasteiger partial charge in [0.2, 0.25) is 5.91 Å². The Morgan fingerprint density at radius 1 is 1.03 bits per heavy atom. The van der Waals surface area contributed by atoms with Crippen molar-refractivity contribution >= 4 is 26.8 Å². The highest BCUT2D eigenvalue weighted by Crippen LogP contribution is 2.64. The molecule has 1 aromatic heterocycles. The number of sulfonamides is 1. The molecule has 0 radical (unpaired) electrons. The maximum Gasteiger partial charge on any atom is 0.416 e. The van der Waals surface area contributed by atoms with E-state index in [0.717, 1.165) is 11.6 Å². The second kappa shape index (κ2) is 9.37. The van der Waals surface area contributed by atoms with Crippen LogP contribution in [0.25, 0.3) is 10.9 Å². The highest BCUT2D eigenvalue weighted by molar-refractivity contribution is 7.90. The Morgan fingerprint density at radius 2 is 1.77 bits per heavy atom. The van der Waals surface area contributed by atoms with Crippen LogP contribution in [0.4, 0.5) is 13.2 Å². The number of carbonyl (C=O) groups is 1. The molecule has 0 spiro atoms. The molecule has 1 aliphatic rings. The molecule has 1 aliphatic carbocycles. The number of ether oxygens (including phenoxy) is 1. The SMILES string of the molecule is COc1ccc(C)cc1[C@@]1(C(=O)NS(=O)(=O)c2cccc3nc(C)ccc23)C[C@H]1c1ccccc1C(F)(F)F. The van der Waals surface area contributed by atoms with Gasteiger partial charge in [0.05, 0.1) is 28.5 Å². The zero-order valence-electron chi connectivity index (χ0n) is 21.3. The van der Waals surface area contributed by atoms with Crippen LogP contribution in [0.15, 0.2) is 77.7 Å². The van der Waals surface area contributed by atoms with E-state index in [1.54, 1.807) is 50.2 Å². The van der Waals surface area contributed by atoms with E-state index in [2.05, 4.69) is 9.71 Å². The molecule has 0 saturated heterocycles. The van der Waals surface area contributed by atoms with Crippen LogP contribution in [0, 0.1) is 13.8 Å². The molecule has 3 aromatic carbocycles. The van der Waals surface area contributed by atoms with Gasteiger partial charge >= 0.3 is 6.18 Å². The second-order valence-electron chi connectivity index (χ2n) is 9.73. The van der Waals surface area contributed by atoms with Gasteiger partial charge < -0.3 is 4.74 Å². The van der Waals surface area contributed by atoms with E-state index >= 15 is 0 Å². The molecule has 6 nitrogen and oxygen atoms in total. The minimum absolute atomic E-state index is 0.0302. The Bertz CT molecular complexity index is 1720. The molecule has 1 heterocycles. The Morgan fingerprint density at radius 3 is 2.49 bits per heavy atom. The van der Waals surface area contributed by atoms with Gasteiger partial charge in [-0.15, -0.1) is 0 Å². The summed E-state index contributed by atoms with van der Waals surface area (Å²) in [5.74, 6) is -1.58. The molecule has 5 rings (SSSR count). The van der Waals surface area contributed by atoms with Crippen molar-refractivity contribution < 1.29 is 31.1 Å². The molecular formula is C29H25F3N2O4S. The number of alkyl halides is 3. The standard InChI is InChI=1S/C29H25F3N2O4S/c1-17-11-14-25(38-3)22(15-17)28(16-23(28)19-7-4-5-8-21(19)29(30,31)32)27(35)34-39(36,37)26-10-6-9-24-20(26)13-12-18(2)33-24/h4-15,23H,16H2,1-3H3,(H,34,35)/t23-,28-/m0/s1. The number of methoxy groups -OCH3 is 1. The van der Waals surface area contributed by atoms with Gasteiger partial charge in [-0.25, -0.2) is 13.1 Å². The minimum Gasteiger partial charge on any atom is -0.496 e. The number of aromatic nitrogens is 1. The van der Waals surface area contributed by atoms with Gasteiger partial charge in [0.1, 0.15) is 5.75 Å². The van der Waals surface area contributed by atoms with Gasteiger partial charge in [-0.05, 0) is 62.2 Å². The van der Waals surface area contributed by atoms with Crippen molar-refractivity contribution in [3.05, 3.63) is 101 Å². The quantitative estimate of drug-likeness (QED) is 0.325. The molecule has 1 saturated carbocycles. The summed E-state index contributed by atoms with van der Waals surface area (Å²) in [5, 5.41) is 0.320. The summed E-state index contributed by atoms with van der Waals surface area (Å²) in [6, 6.07) is 17.9. The Hall–Kier alpha value is -3.92. The number of pyridine rings is 1. The number of carbonyl (C=O) groups excluding carboxylic acids is 1. The molecule has 1 amide bonds. The molecule has 10 heteroatoms. The lowest BCUT2D eigenvalue weighted by Gasteiger charge is -2.22. The maximum absolute atomic E-state index is 14.0. The van der Waals surface area contributed by atoms with Gasteiger partial charge in [-0.2, -0.15) is 13.2 Å². The largest absolute Gasteiger partial charge is 0.496 e. The first-order chi connectivity index (χ1) is 18.4. The molecule has 0 unspecified atom stereocenters. The van der Waals surface area contributed by atoms with Crippen LogP contribution < -0.4 is 9.46 Å². The number of hydrogen-bond donors (Lipinski definition) is 1. The van der Waals surface area contributed by atoms with E-state index in [-0.39, 0.29) is 22.6 Å². The van der Waals surface area contributed by atoms with Crippen molar-refractivity contribution in [2.24, 2.45) is 0 Å². The molecule has 0 bridgehead atoms. The van der Waals surface area contributed by atoms with Crippen molar-refractivity contribution in [2.45, 2.75) is 42.7 Å². The lowest BCUT2D eigenvalue weighted by Crippen LogP contribution is -2.40. The molecule has 39 heavy (non-hydrogen) atoms. The van der Waals surface area contributed by atoms with Crippen LogP contribution in [0.1, 0.15) is 40.3 Å². The van der Waals surface area contributed by atoms with Crippen LogP contribution >= 0.6 is 0 Å². The van der Waals surface area contributed by atoms with Crippen LogP contribution in [-0.2, 0) is 26.4 Å². The van der Waals surface area contributed by atoms with Gasteiger partial charge in [-0.3, -0.25) is 9.78 Å². The van der Waals surface area contributed by atoms with E-state index in [4.69, 9.17) is 4.74 Å². The summed E-state index contributed by atoms with van der Waals surface area (Å²) < 4.78 is 76.6. The Balaban J connectivity index is 1.63. The lowest BCUT2D eigenvalue weighted by molar-refractivity contribution is -0.138. The number of amides is 1. The fraction of sp³-hybridized carbons (Fsp3) is 0.241. The molecule has 1 fully saturated rings. The summed E-state index contributed by atoms with van der Waals surface area (Å²) in [7, 11) is -3.03. The zero-order chi connectivity index (χ0) is 28.2. The number of nitrogens with one attached hydrogen (secondary N) is 1. The van der Waals surface area contributed by atoms with E-state index in [1.165, 1.54) is 37.4 Å². The summed E-state index contributed by atoms with van der Waals surface area (Å²) in [6.45, 7) is 3.55. The van der Waals surface area contributed by atoms with Gasteiger partial charge in [-0.1, -0.05) is 42.0 Å². The predicted molar refractivity (Wildman–Crippen MR) is 140 cm³/mol. The summed E-state index contributed by atoms with van der Waals surface area (Å²) in [5.41, 5.74) is -0.355. The van der Waals surface area contributed by atoms with Crippen LogP contribution in [0.2, 0.25) is 0 Å². The van der Waals surface area contributed by atoms with Crippen molar-refractivity contribution in [1.82, 2.24) is 9.71 Å². The summed E-state index contributed by atoms with van der Waals surface area (Å²) >= 11 is 0. The number of halogens is 3. The Labute approximate surface area is 223 Å². The third-order valence-electron chi connectivity index (χ3n) is 7.19. The van der Waals surface area contributed by atoms with Gasteiger partial charge in [0.25, 0.3) is 10.0 Å². The van der Waals surface area contributed by atoms with Gasteiger partial charge in [0, 0.05) is 22.6 Å². The first-order valence-corrected chi connectivity index (χ1v) is 13.6. The van der Waals surface area contributed by atoms with Crippen molar-refractivity contribution in [1.29, 1.82) is 0 Å². The highest BCUT2D eigenvalue weighted by atomic mass is 32.2. The molecule has 2 atom stereocenters. The topological polar surface area (TPSA) is 85.4 Å². The molecule has 1 N–H and O–H groups in total. The molecule has 0 aliphatic heterocycles. The second-order valence-corrected chi connectivity index (χ2v) is 11.4. The molecular weight excluding hydrogens is 529 g/mol. The van der Waals surface area contributed by atoms with Gasteiger partial charge in [0.15, 0.2) is 0 Å². The van der Waals surface area contributed by atoms with E-state index in [9.17, 15) is 26.4 Å². The average Bonchev–Trinajstić information content (AvgIpc) is 3.64. The number of rotatable bonds is 6. The number of benzene rings is 3. The fourth-order valence-corrected chi connectivity index (χ4v) is 6.53.